The fourth-order valence-electron chi connectivity index (χ4n) is 1.59. The maximum atomic E-state index is 11.2. The second-order valence-electron chi connectivity index (χ2n) is 4.48. The summed E-state index contributed by atoms with van der Waals surface area (Å²) in [4.78, 5) is 13.4. The minimum atomic E-state index is -0.272. The summed E-state index contributed by atoms with van der Waals surface area (Å²) in [6.45, 7) is 6.51. The Morgan fingerprint density at radius 3 is 2.65 bits per heavy atom. The van der Waals surface area contributed by atoms with E-state index in [1.165, 1.54) is 0 Å². The van der Waals surface area contributed by atoms with E-state index < -0.39 is 0 Å². The number of methoxy groups -OCH3 is 1. The Morgan fingerprint density at radius 1 is 1.53 bits per heavy atom. The van der Waals surface area contributed by atoms with E-state index >= 15 is 0 Å². The Hall–Kier alpha value is -0.650. The lowest BCUT2D eigenvalue weighted by Crippen LogP contribution is -2.44. The normalized spacial score (nSPS) is 14.9. The van der Waals surface area contributed by atoms with Gasteiger partial charge in [-0.15, -0.1) is 0 Å². The van der Waals surface area contributed by atoms with Gasteiger partial charge in [0.15, 0.2) is 0 Å². The van der Waals surface area contributed by atoms with E-state index in [4.69, 9.17) is 10.5 Å². The molecule has 0 saturated heterocycles. The summed E-state index contributed by atoms with van der Waals surface area (Å²) >= 11 is 0. The van der Waals surface area contributed by atoms with Gasteiger partial charge in [-0.05, 0) is 33.4 Å². The number of likely N-dealkylation sites (N-methyl/N-ethyl adjacent to an activating group) is 1. The lowest BCUT2D eigenvalue weighted by atomic mass is 10.1. The summed E-state index contributed by atoms with van der Waals surface area (Å²) in [7, 11) is 3.72. The molecule has 17 heavy (non-hydrogen) atoms. The number of carbonyl (C=O) groups is 1. The zero-order valence-corrected chi connectivity index (χ0v) is 11.5. The molecule has 0 aliphatic rings. The summed E-state index contributed by atoms with van der Waals surface area (Å²) < 4.78 is 5.09. The fourth-order valence-corrected chi connectivity index (χ4v) is 1.59. The molecule has 0 heterocycles. The van der Waals surface area contributed by atoms with Gasteiger partial charge in [-0.25, -0.2) is 0 Å². The number of rotatable bonds is 10. The van der Waals surface area contributed by atoms with E-state index in [-0.39, 0.29) is 11.9 Å². The van der Waals surface area contributed by atoms with Crippen molar-refractivity contribution in [1.29, 1.82) is 0 Å². The molecule has 0 radical (unpaired) electrons. The van der Waals surface area contributed by atoms with Crippen molar-refractivity contribution in [3.05, 3.63) is 0 Å². The third kappa shape index (κ3) is 7.31. The predicted molar refractivity (Wildman–Crippen MR) is 69.9 cm³/mol. The number of ether oxygens (including phenoxy) is 1. The average Bonchev–Trinajstić information content (AvgIpc) is 2.28. The summed E-state index contributed by atoms with van der Waals surface area (Å²) in [5.74, 6) is -0.272. The van der Waals surface area contributed by atoms with Crippen LogP contribution in [0.1, 0.15) is 26.7 Å². The third-order valence-corrected chi connectivity index (χ3v) is 2.91. The zero-order chi connectivity index (χ0) is 13.3. The first kappa shape index (κ1) is 16.4. The lowest BCUT2D eigenvalue weighted by molar-refractivity contribution is -0.120. The van der Waals surface area contributed by atoms with Crippen LogP contribution in [0.15, 0.2) is 0 Å². The van der Waals surface area contributed by atoms with Gasteiger partial charge in [0.2, 0.25) is 5.91 Å². The minimum absolute atomic E-state index is 0.229. The van der Waals surface area contributed by atoms with Gasteiger partial charge in [0.05, 0.1) is 12.6 Å². The van der Waals surface area contributed by atoms with Crippen LogP contribution in [0.25, 0.3) is 0 Å². The van der Waals surface area contributed by atoms with Gasteiger partial charge in [0.25, 0.3) is 0 Å². The third-order valence-electron chi connectivity index (χ3n) is 2.91. The van der Waals surface area contributed by atoms with Crippen LogP contribution in [0.3, 0.4) is 0 Å². The van der Waals surface area contributed by atoms with Gasteiger partial charge in [-0.2, -0.15) is 0 Å². The highest BCUT2D eigenvalue weighted by Crippen LogP contribution is 2.00. The second-order valence-corrected chi connectivity index (χ2v) is 4.48. The van der Waals surface area contributed by atoms with E-state index in [1.54, 1.807) is 7.11 Å². The number of nitrogens with one attached hydrogen (secondary N) is 1. The first-order valence-electron chi connectivity index (χ1n) is 6.24. The molecule has 0 saturated carbocycles. The van der Waals surface area contributed by atoms with Crippen molar-refractivity contribution in [3.63, 3.8) is 0 Å². The molecule has 5 heteroatoms. The van der Waals surface area contributed by atoms with Crippen LogP contribution in [-0.2, 0) is 9.53 Å². The summed E-state index contributed by atoms with van der Waals surface area (Å²) in [6.07, 6.45) is 1.74. The summed E-state index contributed by atoms with van der Waals surface area (Å²) in [5, 5.41) is 3.16. The van der Waals surface area contributed by atoms with Crippen molar-refractivity contribution in [3.8, 4) is 0 Å². The largest absolute Gasteiger partial charge is 0.383 e. The number of carbonyl (C=O) groups excluding carboxylic acids is 1. The van der Waals surface area contributed by atoms with Crippen LogP contribution in [-0.4, -0.2) is 56.7 Å². The number of nitrogens with zero attached hydrogens (tertiary/aromatic N) is 1. The van der Waals surface area contributed by atoms with Crippen molar-refractivity contribution >= 4 is 5.91 Å². The highest BCUT2D eigenvalue weighted by Gasteiger charge is 2.16. The molecule has 1 amide bonds. The summed E-state index contributed by atoms with van der Waals surface area (Å²) in [5.41, 5.74) is 5.35. The van der Waals surface area contributed by atoms with Crippen LogP contribution in [0.5, 0.6) is 0 Å². The SMILES string of the molecule is CCCNC(CCN(C)C(C)COC)C(N)=O. The van der Waals surface area contributed by atoms with E-state index in [9.17, 15) is 4.79 Å². The second kappa shape index (κ2) is 9.39. The van der Waals surface area contributed by atoms with E-state index in [0.29, 0.717) is 12.6 Å². The molecule has 0 aromatic rings. The van der Waals surface area contributed by atoms with Gasteiger partial charge >= 0.3 is 0 Å². The fraction of sp³-hybridized carbons (Fsp3) is 0.917. The van der Waals surface area contributed by atoms with Crippen LogP contribution in [0, 0.1) is 0 Å². The van der Waals surface area contributed by atoms with Crippen molar-refractivity contribution < 1.29 is 9.53 Å². The van der Waals surface area contributed by atoms with Gasteiger partial charge in [-0.1, -0.05) is 6.92 Å². The number of hydrogen-bond donors (Lipinski definition) is 2. The van der Waals surface area contributed by atoms with Crippen molar-refractivity contribution in [1.82, 2.24) is 10.2 Å². The quantitative estimate of drug-likeness (QED) is 0.577. The molecular weight excluding hydrogens is 218 g/mol. The molecule has 3 N–H and O–H groups in total. The number of nitrogens with two attached hydrogens (primary N) is 1. The maximum Gasteiger partial charge on any atom is 0.234 e. The monoisotopic (exact) mass is 245 g/mol. The minimum Gasteiger partial charge on any atom is -0.383 e. The van der Waals surface area contributed by atoms with Crippen molar-refractivity contribution in [2.24, 2.45) is 5.73 Å². The van der Waals surface area contributed by atoms with Gasteiger partial charge < -0.3 is 20.7 Å². The first-order chi connectivity index (χ1) is 8.02. The molecule has 102 valence electrons. The molecule has 0 rings (SSSR count). The van der Waals surface area contributed by atoms with E-state index in [0.717, 1.165) is 25.9 Å². The van der Waals surface area contributed by atoms with Gasteiger partial charge in [0.1, 0.15) is 0 Å². The highest BCUT2D eigenvalue weighted by atomic mass is 16.5. The van der Waals surface area contributed by atoms with Crippen molar-refractivity contribution in [2.45, 2.75) is 38.8 Å². The number of primary amides is 1. The standard InChI is InChI=1S/C12H27N3O2/c1-5-7-14-11(12(13)16)6-8-15(3)10(2)9-17-4/h10-11,14H,5-9H2,1-4H3,(H2,13,16). The highest BCUT2D eigenvalue weighted by molar-refractivity contribution is 5.79. The molecule has 0 fully saturated rings. The Kier molecular flexibility index (Phi) is 9.03. The Labute approximate surface area is 105 Å². The van der Waals surface area contributed by atoms with Crippen LogP contribution < -0.4 is 11.1 Å². The van der Waals surface area contributed by atoms with E-state index in [1.807, 2.05) is 7.05 Å². The van der Waals surface area contributed by atoms with Gasteiger partial charge in [-0.3, -0.25) is 4.79 Å². The Bertz CT molecular complexity index is 212. The Morgan fingerprint density at radius 2 is 2.18 bits per heavy atom. The van der Waals surface area contributed by atoms with Crippen molar-refractivity contribution in [2.75, 3.05) is 33.9 Å². The van der Waals surface area contributed by atoms with Crippen LogP contribution >= 0.6 is 0 Å². The molecule has 0 spiro atoms. The van der Waals surface area contributed by atoms with Gasteiger partial charge in [0, 0.05) is 19.7 Å². The molecular formula is C12H27N3O2. The molecule has 0 aromatic carbocycles. The van der Waals surface area contributed by atoms with E-state index in [2.05, 4.69) is 24.1 Å². The topological polar surface area (TPSA) is 67.6 Å². The number of amides is 1. The first-order valence-corrected chi connectivity index (χ1v) is 6.24. The lowest BCUT2D eigenvalue weighted by Gasteiger charge is -2.25. The van der Waals surface area contributed by atoms with Crippen LogP contribution in [0.4, 0.5) is 0 Å². The average molecular weight is 245 g/mol. The van der Waals surface area contributed by atoms with Crippen LogP contribution in [0.2, 0.25) is 0 Å². The maximum absolute atomic E-state index is 11.2. The Balaban J connectivity index is 3.98. The number of hydrogen-bond acceptors (Lipinski definition) is 4. The molecule has 2 atom stereocenters. The molecule has 0 aliphatic carbocycles. The zero-order valence-electron chi connectivity index (χ0n) is 11.5. The molecule has 2 unspecified atom stereocenters. The smallest absolute Gasteiger partial charge is 0.234 e. The molecule has 5 nitrogen and oxygen atoms in total. The summed E-state index contributed by atoms with van der Waals surface area (Å²) in [6, 6.07) is 0.117. The molecule has 0 bridgehead atoms. The predicted octanol–water partition coefficient (Wildman–Crippen LogP) is 0.197. The molecule has 0 aliphatic heterocycles. The molecule has 0 aromatic heterocycles.